The number of hydrogen-bond donors (Lipinski definition) is 1. The average Bonchev–Trinajstić information content (AvgIpc) is 2.39. The molecule has 1 saturated heterocycles. The summed E-state index contributed by atoms with van der Waals surface area (Å²) < 4.78 is 13.7. The van der Waals surface area contributed by atoms with E-state index in [4.69, 9.17) is 0 Å². The lowest BCUT2D eigenvalue weighted by Crippen LogP contribution is -2.48. The topological polar surface area (TPSA) is 53.4 Å². The first-order chi connectivity index (χ1) is 9.09. The summed E-state index contributed by atoms with van der Waals surface area (Å²) in [6.45, 7) is 4.52. The molecule has 0 saturated carbocycles. The van der Waals surface area contributed by atoms with E-state index in [9.17, 15) is 14.3 Å². The molecule has 0 amide bonds. The predicted molar refractivity (Wildman–Crippen MR) is 70.5 cm³/mol. The monoisotopic (exact) mass is 264 g/mol. The van der Waals surface area contributed by atoms with Gasteiger partial charge in [-0.3, -0.25) is 4.79 Å². The summed E-state index contributed by atoms with van der Waals surface area (Å²) in [5, 5.41) is 9.47. The zero-order valence-electron chi connectivity index (χ0n) is 10.7. The Morgan fingerprint density at radius 3 is 3.11 bits per heavy atom. The van der Waals surface area contributed by atoms with Crippen molar-refractivity contribution in [1.82, 2.24) is 4.98 Å². The van der Waals surface area contributed by atoms with Gasteiger partial charge >= 0.3 is 5.97 Å². The number of anilines is 1. The van der Waals surface area contributed by atoms with Crippen LogP contribution in [0.1, 0.15) is 19.3 Å². The van der Waals surface area contributed by atoms with E-state index in [0.717, 1.165) is 0 Å². The number of aliphatic carboxylic acids is 1. The molecule has 1 unspecified atom stereocenters. The van der Waals surface area contributed by atoms with Crippen molar-refractivity contribution in [2.75, 3.05) is 18.0 Å². The van der Waals surface area contributed by atoms with Gasteiger partial charge in [-0.05, 0) is 31.4 Å². The number of aromatic nitrogens is 1. The largest absolute Gasteiger partial charge is 0.481 e. The molecule has 0 aromatic carbocycles. The van der Waals surface area contributed by atoms with E-state index in [1.54, 1.807) is 11.0 Å². The number of carboxylic acid groups (broad SMARTS) is 1. The fourth-order valence-electron chi connectivity index (χ4n) is 2.63. The second-order valence-corrected chi connectivity index (χ2v) is 4.91. The minimum Gasteiger partial charge on any atom is -0.481 e. The Kier molecular flexibility index (Phi) is 3.83. The molecule has 2 heterocycles. The number of halogens is 1. The first kappa shape index (κ1) is 13.5. The van der Waals surface area contributed by atoms with Crippen LogP contribution in [-0.2, 0) is 4.79 Å². The van der Waals surface area contributed by atoms with Gasteiger partial charge in [0.2, 0.25) is 0 Å². The molecule has 1 fully saturated rings. The summed E-state index contributed by atoms with van der Waals surface area (Å²) in [6.07, 6.45) is 4.80. The van der Waals surface area contributed by atoms with Gasteiger partial charge in [-0.2, -0.15) is 0 Å². The minimum atomic E-state index is -0.885. The first-order valence-electron chi connectivity index (χ1n) is 6.29. The van der Waals surface area contributed by atoms with Crippen LogP contribution in [0.15, 0.2) is 31.0 Å². The third kappa shape index (κ3) is 2.59. The molecule has 1 atom stereocenters. The lowest BCUT2D eigenvalue weighted by molar-refractivity contribution is -0.149. The van der Waals surface area contributed by atoms with Gasteiger partial charge in [0.25, 0.3) is 0 Å². The van der Waals surface area contributed by atoms with Gasteiger partial charge in [-0.15, -0.1) is 6.58 Å². The number of carboxylic acids is 1. The quantitative estimate of drug-likeness (QED) is 0.849. The lowest BCUT2D eigenvalue weighted by atomic mass is 9.77. The van der Waals surface area contributed by atoms with E-state index in [0.29, 0.717) is 25.8 Å². The van der Waals surface area contributed by atoms with Crippen LogP contribution >= 0.6 is 0 Å². The average molecular weight is 264 g/mol. The highest BCUT2D eigenvalue weighted by molar-refractivity contribution is 5.76. The van der Waals surface area contributed by atoms with Crippen LogP contribution in [0.3, 0.4) is 0 Å². The van der Waals surface area contributed by atoms with Gasteiger partial charge in [0, 0.05) is 19.3 Å². The Morgan fingerprint density at radius 2 is 2.47 bits per heavy atom. The molecule has 19 heavy (non-hydrogen) atoms. The molecule has 4 nitrogen and oxygen atoms in total. The van der Waals surface area contributed by atoms with Gasteiger partial charge < -0.3 is 10.0 Å². The highest BCUT2D eigenvalue weighted by Gasteiger charge is 2.42. The number of pyridine rings is 1. The third-order valence-electron chi connectivity index (χ3n) is 3.60. The Labute approximate surface area is 111 Å². The Morgan fingerprint density at radius 1 is 1.68 bits per heavy atom. The van der Waals surface area contributed by atoms with E-state index in [1.165, 1.54) is 18.3 Å². The van der Waals surface area contributed by atoms with Crippen LogP contribution in [-0.4, -0.2) is 29.1 Å². The normalized spacial score (nSPS) is 23.1. The smallest absolute Gasteiger partial charge is 0.311 e. The Bertz CT molecular complexity index is 492. The zero-order chi connectivity index (χ0) is 13.9. The van der Waals surface area contributed by atoms with Crippen molar-refractivity contribution >= 4 is 11.8 Å². The maximum Gasteiger partial charge on any atom is 0.311 e. The molecule has 1 aromatic heterocycles. The fraction of sp³-hybridized carbons (Fsp3) is 0.429. The summed E-state index contributed by atoms with van der Waals surface area (Å²) in [5.74, 6) is -1.03. The molecular formula is C14H17FN2O2. The summed E-state index contributed by atoms with van der Waals surface area (Å²) >= 11 is 0. The summed E-state index contributed by atoms with van der Waals surface area (Å²) in [4.78, 5) is 17.3. The van der Waals surface area contributed by atoms with Crippen LogP contribution in [0.4, 0.5) is 10.2 Å². The van der Waals surface area contributed by atoms with E-state index in [-0.39, 0.29) is 12.4 Å². The maximum atomic E-state index is 13.7. The highest BCUT2D eigenvalue weighted by Crippen LogP contribution is 2.36. The van der Waals surface area contributed by atoms with Gasteiger partial charge in [-0.1, -0.05) is 6.08 Å². The molecule has 0 aliphatic carbocycles. The highest BCUT2D eigenvalue weighted by atomic mass is 19.1. The van der Waals surface area contributed by atoms with E-state index in [2.05, 4.69) is 11.6 Å². The molecule has 1 aromatic rings. The van der Waals surface area contributed by atoms with E-state index in [1.807, 2.05) is 0 Å². The van der Waals surface area contributed by atoms with Crippen molar-refractivity contribution in [3.63, 3.8) is 0 Å². The Balaban J connectivity index is 2.28. The molecule has 1 aliphatic heterocycles. The predicted octanol–water partition coefficient (Wildman–Crippen LogP) is 2.47. The molecule has 0 spiro atoms. The van der Waals surface area contributed by atoms with Gasteiger partial charge in [0.15, 0.2) is 11.6 Å². The number of piperidine rings is 1. The lowest BCUT2D eigenvalue weighted by Gasteiger charge is -2.40. The molecule has 102 valence electrons. The second kappa shape index (κ2) is 5.38. The summed E-state index contributed by atoms with van der Waals surface area (Å²) in [6, 6.07) is 2.86. The van der Waals surface area contributed by atoms with Crippen molar-refractivity contribution in [3.05, 3.63) is 36.8 Å². The van der Waals surface area contributed by atoms with E-state index < -0.39 is 17.2 Å². The number of carbonyl (C=O) groups is 1. The van der Waals surface area contributed by atoms with Crippen LogP contribution < -0.4 is 4.90 Å². The third-order valence-corrected chi connectivity index (χ3v) is 3.60. The van der Waals surface area contributed by atoms with Gasteiger partial charge in [0.1, 0.15) is 0 Å². The standard InChI is InChI=1S/C14H17FN2O2/c1-2-6-14(13(18)19)7-4-9-17(10-14)12-11(15)5-3-8-16-12/h2-3,5,8H,1,4,6-7,9-10H2,(H,18,19). The molecule has 2 rings (SSSR count). The SMILES string of the molecule is C=CCC1(C(=O)O)CCCN(c2ncccc2F)C1. The van der Waals surface area contributed by atoms with Crippen LogP contribution in [0.25, 0.3) is 0 Å². The number of allylic oxidation sites excluding steroid dienone is 1. The second-order valence-electron chi connectivity index (χ2n) is 4.91. The van der Waals surface area contributed by atoms with Gasteiger partial charge in [-0.25, -0.2) is 9.37 Å². The number of nitrogens with zero attached hydrogens (tertiary/aromatic N) is 2. The molecular weight excluding hydrogens is 247 g/mol. The van der Waals surface area contributed by atoms with Crippen molar-refractivity contribution in [2.45, 2.75) is 19.3 Å². The van der Waals surface area contributed by atoms with Crippen LogP contribution in [0.2, 0.25) is 0 Å². The van der Waals surface area contributed by atoms with Crippen molar-refractivity contribution in [1.29, 1.82) is 0 Å². The molecule has 0 radical (unpaired) electrons. The fourth-order valence-corrected chi connectivity index (χ4v) is 2.63. The number of hydrogen-bond acceptors (Lipinski definition) is 3. The van der Waals surface area contributed by atoms with Gasteiger partial charge in [0.05, 0.1) is 5.41 Å². The van der Waals surface area contributed by atoms with Crippen molar-refractivity contribution in [3.8, 4) is 0 Å². The van der Waals surface area contributed by atoms with Crippen LogP contribution in [0, 0.1) is 11.2 Å². The summed E-state index contributed by atoms with van der Waals surface area (Å²) in [5.41, 5.74) is -0.885. The maximum absolute atomic E-state index is 13.7. The molecule has 1 N–H and O–H groups in total. The molecule has 0 bridgehead atoms. The van der Waals surface area contributed by atoms with Crippen LogP contribution in [0.5, 0.6) is 0 Å². The first-order valence-corrected chi connectivity index (χ1v) is 6.29. The van der Waals surface area contributed by atoms with Crippen molar-refractivity contribution < 1.29 is 14.3 Å². The summed E-state index contributed by atoms with van der Waals surface area (Å²) in [7, 11) is 0. The zero-order valence-corrected chi connectivity index (χ0v) is 10.7. The minimum absolute atomic E-state index is 0.233. The molecule has 5 heteroatoms. The number of rotatable bonds is 4. The molecule has 1 aliphatic rings. The Hall–Kier alpha value is -1.91. The van der Waals surface area contributed by atoms with Crippen molar-refractivity contribution in [2.24, 2.45) is 5.41 Å². The van der Waals surface area contributed by atoms with E-state index >= 15 is 0 Å².